The fourth-order valence-electron chi connectivity index (χ4n) is 0.622. The Kier molecular flexibility index (Phi) is 6.59. The smallest absolute Gasteiger partial charge is 0.302 e. The van der Waals surface area contributed by atoms with Gasteiger partial charge in [0.15, 0.2) is 0 Å². The third-order valence-corrected chi connectivity index (χ3v) is 1.14. The molecule has 0 aliphatic carbocycles. The molecule has 0 amide bonds. The maximum atomic E-state index is 10.3. The Balaban J connectivity index is 3.22. The van der Waals surface area contributed by atoms with Gasteiger partial charge in [-0.1, -0.05) is 12.2 Å². The van der Waals surface area contributed by atoms with Crippen LogP contribution in [0.15, 0.2) is 12.2 Å². The number of carbonyl (C=O) groups is 2. The van der Waals surface area contributed by atoms with Gasteiger partial charge >= 0.3 is 11.9 Å². The highest BCUT2D eigenvalue weighted by Crippen LogP contribution is 1.87. The van der Waals surface area contributed by atoms with Crippen LogP contribution in [0.2, 0.25) is 0 Å². The molecule has 74 valence electrons. The summed E-state index contributed by atoms with van der Waals surface area (Å²) in [5, 5.41) is 0. The first-order chi connectivity index (χ1) is 6.13. The third kappa shape index (κ3) is 10.7. The lowest BCUT2D eigenvalue weighted by Crippen LogP contribution is -2.00. The molecule has 0 spiro atoms. The fraction of sp³-hybridized carbons (Fsp3) is 0.556. The summed E-state index contributed by atoms with van der Waals surface area (Å²) in [5.74, 6) is -0.585. The summed E-state index contributed by atoms with van der Waals surface area (Å²) in [5.41, 5.74) is 0. The minimum absolute atomic E-state index is 0.273. The molecule has 4 heteroatoms. The summed E-state index contributed by atoms with van der Waals surface area (Å²) in [4.78, 5) is 20.6. The van der Waals surface area contributed by atoms with Crippen LogP contribution in [0.25, 0.3) is 0 Å². The number of hydrogen-bond donors (Lipinski definition) is 0. The van der Waals surface area contributed by atoms with Gasteiger partial charge in [-0.05, 0) is 6.42 Å². The Morgan fingerprint density at radius 3 is 2.23 bits per heavy atom. The Morgan fingerprint density at radius 1 is 1.08 bits per heavy atom. The van der Waals surface area contributed by atoms with E-state index >= 15 is 0 Å². The molecule has 0 aromatic rings. The summed E-state index contributed by atoms with van der Waals surface area (Å²) < 4.78 is 9.31. The Morgan fingerprint density at radius 2 is 1.69 bits per heavy atom. The van der Waals surface area contributed by atoms with Crippen molar-refractivity contribution in [3.63, 3.8) is 0 Å². The van der Waals surface area contributed by atoms with Gasteiger partial charge in [0.2, 0.25) is 0 Å². The summed E-state index contributed by atoms with van der Waals surface area (Å²) in [6, 6.07) is 0. The maximum absolute atomic E-state index is 10.3. The van der Waals surface area contributed by atoms with E-state index in [9.17, 15) is 9.59 Å². The molecule has 0 radical (unpaired) electrons. The molecule has 0 fully saturated rings. The first-order valence-corrected chi connectivity index (χ1v) is 4.04. The number of esters is 2. The first kappa shape index (κ1) is 11.7. The van der Waals surface area contributed by atoms with Gasteiger partial charge in [-0.2, -0.15) is 0 Å². The third-order valence-electron chi connectivity index (χ3n) is 1.14. The van der Waals surface area contributed by atoms with E-state index in [1.54, 1.807) is 12.2 Å². The summed E-state index contributed by atoms with van der Waals surface area (Å²) >= 11 is 0. The van der Waals surface area contributed by atoms with Crippen molar-refractivity contribution in [2.45, 2.75) is 20.3 Å². The van der Waals surface area contributed by atoms with Gasteiger partial charge in [-0.15, -0.1) is 0 Å². The molecular weight excluding hydrogens is 172 g/mol. The molecule has 0 N–H and O–H groups in total. The molecule has 0 heterocycles. The maximum Gasteiger partial charge on any atom is 0.302 e. The number of rotatable bonds is 5. The van der Waals surface area contributed by atoms with Crippen molar-refractivity contribution >= 4 is 11.9 Å². The van der Waals surface area contributed by atoms with Crippen LogP contribution in [0.3, 0.4) is 0 Å². The van der Waals surface area contributed by atoms with E-state index in [2.05, 4.69) is 9.47 Å². The number of hydrogen-bond acceptors (Lipinski definition) is 4. The molecule has 0 aromatic heterocycles. The minimum Gasteiger partial charge on any atom is -0.466 e. The fourth-order valence-corrected chi connectivity index (χ4v) is 0.622. The largest absolute Gasteiger partial charge is 0.466 e. The standard InChI is InChI=1S/C9H14O4/c1-8(10)12-6-4-3-5-7-13-9(2)11/h3-4H,5-7H2,1-2H3. The van der Waals surface area contributed by atoms with Gasteiger partial charge in [0.25, 0.3) is 0 Å². The van der Waals surface area contributed by atoms with Gasteiger partial charge < -0.3 is 9.47 Å². The minimum atomic E-state index is -0.301. The predicted molar refractivity (Wildman–Crippen MR) is 47.0 cm³/mol. The van der Waals surface area contributed by atoms with E-state index in [-0.39, 0.29) is 18.5 Å². The van der Waals surface area contributed by atoms with Crippen molar-refractivity contribution < 1.29 is 19.1 Å². The van der Waals surface area contributed by atoms with E-state index in [4.69, 9.17) is 0 Å². The zero-order valence-corrected chi connectivity index (χ0v) is 7.91. The molecule has 0 saturated heterocycles. The molecule has 0 bridgehead atoms. The van der Waals surface area contributed by atoms with Crippen molar-refractivity contribution in [2.75, 3.05) is 13.2 Å². The van der Waals surface area contributed by atoms with Crippen molar-refractivity contribution in [3.05, 3.63) is 12.2 Å². The highest BCUT2D eigenvalue weighted by Gasteiger charge is 1.89. The quantitative estimate of drug-likeness (QED) is 0.366. The lowest BCUT2D eigenvalue weighted by molar-refractivity contribution is -0.141. The molecule has 13 heavy (non-hydrogen) atoms. The van der Waals surface area contributed by atoms with Gasteiger partial charge in [-0.25, -0.2) is 0 Å². The molecule has 0 aliphatic rings. The first-order valence-electron chi connectivity index (χ1n) is 4.04. The lowest BCUT2D eigenvalue weighted by Gasteiger charge is -1.97. The normalized spacial score (nSPS) is 10.0. The van der Waals surface area contributed by atoms with Gasteiger partial charge in [-0.3, -0.25) is 9.59 Å². The molecule has 0 aromatic carbocycles. The van der Waals surface area contributed by atoms with Crippen LogP contribution in [0, 0.1) is 0 Å². The summed E-state index contributed by atoms with van der Waals surface area (Å²) in [7, 11) is 0. The van der Waals surface area contributed by atoms with Crippen molar-refractivity contribution in [2.24, 2.45) is 0 Å². The van der Waals surface area contributed by atoms with Crippen molar-refractivity contribution in [3.8, 4) is 0 Å². The van der Waals surface area contributed by atoms with Crippen molar-refractivity contribution in [1.82, 2.24) is 0 Å². The topological polar surface area (TPSA) is 52.6 Å². The van der Waals surface area contributed by atoms with Crippen LogP contribution in [0.5, 0.6) is 0 Å². The van der Waals surface area contributed by atoms with E-state index in [0.717, 1.165) is 0 Å². The Labute approximate surface area is 77.5 Å². The van der Waals surface area contributed by atoms with Crippen LogP contribution in [0.4, 0.5) is 0 Å². The number of carbonyl (C=O) groups excluding carboxylic acids is 2. The number of ether oxygens (including phenoxy) is 2. The average Bonchev–Trinajstić information content (AvgIpc) is 2.01. The molecular formula is C9H14O4. The van der Waals surface area contributed by atoms with Gasteiger partial charge in [0.05, 0.1) is 6.61 Å². The molecule has 0 unspecified atom stereocenters. The van der Waals surface area contributed by atoms with E-state index in [1.165, 1.54) is 13.8 Å². The second kappa shape index (κ2) is 7.34. The predicted octanol–water partition coefficient (Wildman–Crippen LogP) is 1.06. The van der Waals surface area contributed by atoms with Crippen LogP contribution >= 0.6 is 0 Å². The average molecular weight is 186 g/mol. The van der Waals surface area contributed by atoms with Crippen LogP contribution in [0.1, 0.15) is 20.3 Å². The summed E-state index contributed by atoms with van der Waals surface area (Å²) in [6.45, 7) is 3.36. The van der Waals surface area contributed by atoms with Gasteiger partial charge in [0, 0.05) is 13.8 Å². The van der Waals surface area contributed by atoms with Crippen LogP contribution < -0.4 is 0 Å². The Bertz CT molecular complexity index is 196. The SMILES string of the molecule is CC(=O)OCC=CCCOC(C)=O. The lowest BCUT2D eigenvalue weighted by atomic mass is 10.4. The molecule has 0 saturated carbocycles. The highest BCUT2D eigenvalue weighted by atomic mass is 16.5. The van der Waals surface area contributed by atoms with Crippen LogP contribution in [-0.2, 0) is 19.1 Å². The highest BCUT2D eigenvalue weighted by molar-refractivity contribution is 5.66. The van der Waals surface area contributed by atoms with E-state index < -0.39 is 0 Å². The molecule has 4 nitrogen and oxygen atoms in total. The molecule has 0 rings (SSSR count). The zero-order valence-electron chi connectivity index (χ0n) is 7.91. The van der Waals surface area contributed by atoms with Crippen molar-refractivity contribution in [1.29, 1.82) is 0 Å². The zero-order chi connectivity index (χ0) is 10.1. The molecule has 0 atom stereocenters. The van der Waals surface area contributed by atoms with Crippen LogP contribution in [-0.4, -0.2) is 25.2 Å². The van der Waals surface area contributed by atoms with E-state index in [1.807, 2.05) is 0 Å². The summed E-state index contributed by atoms with van der Waals surface area (Å²) in [6.07, 6.45) is 4.15. The second-order valence-electron chi connectivity index (χ2n) is 2.40. The Hall–Kier alpha value is -1.32. The second-order valence-corrected chi connectivity index (χ2v) is 2.40. The monoisotopic (exact) mass is 186 g/mol. The molecule has 0 aliphatic heterocycles. The van der Waals surface area contributed by atoms with E-state index in [0.29, 0.717) is 13.0 Å². The van der Waals surface area contributed by atoms with Gasteiger partial charge in [0.1, 0.15) is 6.61 Å².